The maximum absolute atomic E-state index is 14.1. The molecule has 1 heterocycles. The van der Waals surface area contributed by atoms with Gasteiger partial charge >= 0.3 is 0 Å². The molecule has 3 aromatic rings. The van der Waals surface area contributed by atoms with E-state index in [2.05, 4.69) is 30.1 Å². The summed E-state index contributed by atoms with van der Waals surface area (Å²) in [5.74, 6) is 0.0534. The molecule has 0 saturated heterocycles. The van der Waals surface area contributed by atoms with Gasteiger partial charge in [-0.3, -0.25) is 14.2 Å². The number of amides is 1. The van der Waals surface area contributed by atoms with Gasteiger partial charge in [0.05, 0.1) is 17.0 Å². The van der Waals surface area contributed by atoms with E-state index < -0.39 is 0 Å². The van der Waals surface area contributed by atoms with Crippen molar-refractivity contribution in [2.75, 3.05) is 11.1 Å². The average molecular weight is 500 g/mol. The molecule has 0 unspecified atom stereocenters. The van der Waals surface area contributed by atoms with Crippen LogP contribution in [0.5, 0.6) is 0 Å². The van der Waals surface area contributed by atoms with Gasteiger partial charge in [-0.2, -0.15) is 0 Å². The standard InChI is InChI=1S/C30H33N3O2S/c1-4-16-33-28(35)26-27(23-11-7-6-10-22(23)18-30(26)14-8-5-9-15-30)32-29(33)36-19-25(34)31-24-17-20(2)12-13-21(24)3/h4,6-7,10-13,17H,1,5,8-9,14-16,18-19H2,2-3H3,(H,31,34). The number of carbonyl (C=O) groups is 1. The molecule has 1 aromatic heterocycles. The molecule has 1 saturated carbocycles. The zero-order valence-corrected chi connectivity index (χ0v) is 21.9. The van der Waals surface area contributed by atoms with Gasteiger partial charge in [-0.1, -0.05) is 73.5 Å². The van der Waals surface area contributed by atoms with Gasteiger partial charge in [-0.15, -0.1) is 6.58 Å². The molecule has 186 valence electrons. The van der Waals surface area contributed by atoms with Crippen molar-refractivity contribution in [3.63, 3.8) is 0 Å². The van der Waals surface area contributed by atoms with E-state index in [1.807, 2.05) is 38.1 Å². The molecule has 6 heteroatoms. The maximum Gasteiger partial charge on any atom is 0.258 e. The highest BCUT2D eigenvalue weighted by Gasteiger charge is 2.43. The number of benzene rings is 2. The normalized spacial score (nSPS) is 15.7. The van der Waals surface area contributed by atoms with Crippen molar-refractivity contribution in [3.05, 3.63) is 87.7 Å². The van der Waals surface area contributed by atoms with Crippen LogP contribution in [0.1, 0.15) is 54.4 Å². The number of allylic oxidation sites excluding steroid dienone is 1. The van der Waals surface area contributed by atoms with Gasteiger partial charge in [-0.05, 0) is 55.9 Å². The van der Waals surface area contributed by atoms with Crippen LogP contribution >= 0.6 is 11.8 Å². The third-order valence-electron chi connectivity index (χ3n) is 7.59. The molecule has 1 N–H and O–H groups in total. The molecular weight excluding hydrogens is 466 g/mol. The van der Waals surface area contributed by atoms with Crippen molar-refractivity contribution in [3.8, 4) is 11.3 Å². The van der Waals surface area contributed by atoms with Crippen LogP contribution in [0.2, 0.25) is 0 Å². The Morgan fingerprint density at radius 3 is 2.72 bits per heavy atom. The van der Waals surface area contributed by atoms with E-state index in [-0.39, 0.29) is 22.6 Å². The Bertz CT molecular complexity index is 1390. The van der Waals surface area contributed by atoms with Gasteiger partial charge in [0.25, 0.3) is 5.56 Å². The molecule has 0 aliphatic heterocycles. The second kappa shape index (κ2) is 10.1. The minimum Gasteiger partial charge on any atom is -0.325 e. The molecule has 2 aliphatic rings. The van der Waals surface area contributed by atoms with Gasteiger partial charge < -0.3 is 5.32 Å². The molecule has 1 spiro atoms. The molecule has 5 rings (SSSR count). The van der Waals surface area contributed by atoms with E-state index >= 15 is 0 Å². The quantitative estimate of drug-likeness (QED) is 0.249. The van der Waals surface area contributed by atoms with E-state index in [0.29, 0.717) is 11.7 Å². The first-order chi connectivity index (χ1) is 17.4. The van der Waals surface area contributed by atoms with E-state index in [1.165, 1.54) is 23.7 Å². The summed E-state index contributed by atoms with van der Waals surface area (Å²) in [6, 6.07) is 14.4. The average Bonchev–Trinajstić information content (AvgIpc) is 2.87. The Morgan fingerprint density at radius 2 is 1.94 bits per heavy atom. The summed E-state index contributed by atoms with van der Waals surface area (Å²) >= 11 is 1.31. The first-order valence-electron chi connectivity index (χ1n) is 12.8. The Kier molecular flexibility index (Phi) is 6.89. The molecule has 36 heavy (non-hydrogen) atoms. The summed E-state index contributed by atoms with van der Waals surface area (Å²) in [5.41, 5.74) is 6.78. The van der Waals surface area contributed by atoms with Crippen LogP contribution in [0.25, 0.3) is 11.3 Å². The second-order valence-electron chi connectivity index (χ2n) is 10.2. The smallest absolute Gasteiger partial charge is 0.258 e. The van der Waals surface area contributed by atoms with Gasteiger partial charge in [-0.25, -0.2) is 4.98 Å². The lowest BCUT2D eigenvalue weighted by Crippen LogP contribution is -2.43. The minimum atomic E-state index is -0.155. The molecule has 2 aromatic carbocycles. The van der Waals surface area contributed by atoms with Crippen molar-refractivity contribution in [1.29, 1.82) is 0 Å². The third-order valence-corrected chi connectivity index (χ3v) is 8.56. The third kappa shape index (κ3) is 4.55. The number of aryl methyl sites for hydroxylation is 2. The Balaban J connectivity index is 1.53. The van der Waals surface area contributed by atoms with Gasteiger partial charge in [0.15, 0.2) is 5.16 Å². The Labute approximate surface area is 217 Å². The van der Waals surface area contributed by atoms with Crippen LogP contribution in [0.15, 0.2) is 65.1 Å². The number of nitrogens with one attached hydrogen (secondary N) is 1. The predicted molar refractivity (Wildman–Crippen MR) is 148 cm³/mol. The molecule has 5 nitrogen and oxygen atoms in total. The highest BCUT2D eigenvalue weighted by Crippen LogP contribution is 2.48. The highest BCUT2D eigenvalue weighted by atomic mass is 32.2. The zero-order chi connectivity index (χ0) is 25.3. The summed E-state index contributed by atoms with van der Waals surface area (Å²) in [6.07, 6.45) is 8.16. The van der Waals surface area contributed by atoms with E-state index in [9.17, 15) is 9.59 Å². The van der Waals surface area contributed by atoms with Crippen molar-refractivity contribution in [2.45, 2.75) is 69.5 Å². The molecule has 0 radical (unpaired) electrons. The Hall–Kier alpha value is -3.12. The number of nitrogens with zero attached hydrogens (tertiary/aromatic N) is 2. The van der Waals surface area contributed by atoms with E-state index in [0.717, 1.165) is 65.7 Å². The SMILES string of the molecule is C=CCn1c(SCC(=O)Nc2cc(C)ccc2C)nc2c(c1=O)C1(CCCCC1)Cc1ccccc1-2. The molecule has 1 fully saturated rings. The predicted octanol–water partition coefficient (Wildman–Crippen LogP) is 6.20. The largest absolute Gasteiger partial charge is 0.325 e. The number of carbonyl (C=O) groups excluding carboxylic acids is 1. The topological polar surface area (TPSA) is 64.0 Å². The fourth-order valence-electron chi connectivity index (χ4n) is 5.81. The van der Waals surface area contributed by atoms with E-state index in [1.54, 1.807) is 10.6 Å². The van der Waals surface area contributed by atoms with Crippen LogP contribution < -0.4 is 10.9 Å². The van der Waals surface area contributed by atoms with E-state index in [4.69, 9.17) is 4.98 Å². The first-order valence-corrected chi connectivity index (χ1v) is 13.7. The summed E-state index contributed by atoms with van der Waals surface area (Å²) in [6.45, 7) is 8.24. The number of aromatic nitrogens is 2. The molecule has 0 atom stereocenters. The maximum atomic E-state index is 14.1. The molecular formula is C30H33N3O2S. The first kappa shape index (κ1) is 24.6. The lowest BCUT2D eigenvalue weighted by molar-refractivity contribution is -0.113. The van der Waals surface area contributed by atoms with Crippen LogP contribution in [-0.2, 0) is 23.2 Å². The fraction of sp³-hybridized carbons (Fsp3) is 0.367. The number of hydrogen-bond acceptors (Lipinski definition) is 4. The lowest BCUT2D eigenvalue weighted by Gasteiger charge is -2.42. The summed E-state index contributed by atoms with van der Waals surface area (Å²) in [4.78, 5) is 32.0. The van der Waals surface area contributed by atoms with Crippen molar-refractivity contribution in [2.24, 2.45) is 0 Å². The van der Waals surface area contributed by atoms with Crippen molar-refractivity contribution >= 4 is 23.4 Å². The highest BCUT2D eigenvalue weighted by molar-refractivity contribution is 7.99. The summed E-state index contributed by atoms with van der Waals surface area (Å²) in [5, 5.41) is 3.58. The number of anilines is 1. The number of fused-ring (bicyclic) bond motifs is 4. The molecule has 1 amide bonds. The number of thioether (sulfide) groups is 1. The zero-order valence-electron chi connectivity index (χ0n) is 21.1. The number of rotatable bonds is 6. The van der Waals surface area contributed by atoms with Crippen molar-refractivity contribution < 1.29 is 4.79 Å². The van der Waals surface area contributed by atoms with Gasteiger partial charge in [0.2, 0.25) is 5.91 Å². The van der Waals surface area contributed by atoms with Crippen LogP contribution in [0, 0.1) is 13.8 Å². The summed E-state index contributed by atoms with van der Waals surface area (Å²) in [7, 11) is 0. The number of hydrogen-bond donors (Lipinski definition) is 1. The van der Waals surface area contributed by atoms with Gasteiger partial charge in [0, 0.05) is 23.2 Å². The van der Waals surface area contributed by atoms with Crippen LogP contribution in [-0.4, -0.2) is 21.2 Å². The van der Waals surface area contributed by atoms with Crippen LogP contribution in [0.3, 0.4) is 0 Å². The molecule has 2 aliphatic carbocycles. The lowest BCUT2D eigenvalue weighted by atomic mass is 9.62. The van der Waals surface area contributed by atoms with Crippen LogP contribution in [0.4, 0.5) is 5.69 Å². The van der Waals surface area contributed by atoms with Crippen molar-refractivity contribution in [1.82, 2.24) is 9.55 Å². The minimum absolute atomic E-state index is 0.0220. The Morgan fingerprint density at radius 1 is 1.17 bits per heavy atom. The van der Waals surface area contributed by atoms with Gasteiger partial charge in [0.1, 0.15) is 0 Å². The molecule has 0 bridgehead atoms. The second-order valence-corrected chi connectivity index (χ2v) is 11.1. The fourth-order valence-corrected chi connectivity index (χ4v) is 6.61. The monoisotopic (exact) mass is 499 g/mol. The summed E-state index contributed by atoms with van der Waals surface area (Å²) < 4.78 is 1.71.